The minimum absolute atomic E-state index is 0.212. The molecule has 2 bridgehead atoms. The molecule has 1 aliphatic carbocycles. The summed E-state index contributed by atoms with van der Waals surface area (Å²) in [5.74, 6) is 2.70. The predicted octanol–water partition coefficient (Wildman–Crippen LogP) is 1.47. The van der Waals surface area contributed by atoms with Gasteiger partial charge < -0.3 is 9.47 Å². The molecular formula is C10H12O2. The molecule has 1 saturated heterocycles. The third-order valence-electron chi connectivity index (χ3n) is 2.61. The fraction of sp³-hybridized carbons (Fsp3) is 0.600. The molecule has 0 radical (unpaired) electrons. The van der Waals surface area contributed by atoms with E-state index in [1.54, 1.807) is 0 Å². The van der Waals surface area contributed by atoms with Crippen LogP contribution in [0.4, 0.5) is 0 Å². The SMILES string of the molecule is C#CC1=C(C)[C@@H]2C[C@@H](C1)OCO2. The van der Waals surface area contributed by atoms with Gasteiger partial charge in [-0.15, -0.1) is 6.42 Å². The summed E-state index contributed by atoms with van der Waals surface area (Å²) >= 11 is 0. The first-order chi connectivity index (χ1) is 5.81. The number of terminal acetylenes is 1. The standard InChI is InChI=1S/C10H12O2/c1-3-8-4-9-5-10(7(8)2)12-6-11-9/h1,9-10H,4-6H2,2H3/t9-,10+/m1/s1. The second-order valence-corrected chi connectivity index (χ2v) is 3.31. The molecule has 0 aromatic rings. The highest BCUT2D eigenvalue weighted by molar-refractivity contribution is 5.35. The molecule has 0 saturated carbocycles. The third-order valence-corrected chi connectivity index (χ3v) is 2.61. The molecule has 2 rings (SSSR count). The zero-order valence-electron chi connectivity index (χ0n) is 7.17. The van der Waals surface area contributed by atoms with E-state index in [1.165, 1.54) is 5.57 Å². The summed E-state index contributed by atoms with van der Waals surface area (Å²) in [7, 11) is 0. The number of ether oxygens (including phenoxy) is 2. The molecule has 2 aliphatic rings. The van der Waals surface area contributed by atoms with E-state index >= 15 is 0 Å². The summed E-state index contributed by atoms with van der Waals surface area (Å²) in [5.41, 5.74) is 2.29. The summed E-state index contributed by atoms with van der Waals surface area (Å²) < 4.78 is 10.8. The van der Waals surface area contributed by atoms with Crippen LogP contribution in [0.15, 0.2) is 11.1 Å². The van der Waals surface area contributed by atoms with Gasteiger partial charge in [0.15, 0.2) is 0 Å². The quantitative estimate of drug-likeness (QED) is 0.505. The summed E-state index contributed by atoms with van der Waals surface area (Å²) in [6, 6.07) is 0. The summed E-state index contributed by atoms with van der Waals surface area (Å²) in [6.45, 7) is 2.48. The van der Waals surface area contributed by atoms with Crippen molar-refractivity contribution in [2.24, 2.45) is 0 Å². The molecule has 0 aromatic heterocycles. The Morgan fingerprint density at radius 3 is 3.08 bits per heavy atom. The average Bonchev–Trinajstić information content (AvgIpc) is 2.12. The van der Waals surface area contributed by atoms with E-state index in [2.05, 4.69) is 12.8 Å². The van der Waals surface area contributed by atoms with Crippen molar-refractivity contribution in [3.63, 3.8) is 0 Å². The third kappa shape index (κ3) is 1.16. The first kappa shape index (κ1) is 7.85. The largest absolute Gasteiger partial charge is 0.352 e. The molecular weight excluding hydrogens is 152 g/mol. The number of fused-ring (bicyclic) bond motifs is 2. The first-order valence-electron chi connectivity index (χ1n) is 4.20. The van der Waals surface area contributed by atoms with Gasteiger partial charge in [0.1, 0.15) is 6.79 Å². The number of hydrogen-bond donors (Lipinski definition) is 0. The van der Waals surface area contributed by atoms with E-state index in [1.807, 2.05) is 0 Å². The number of rotatable bonds is 0. The highest BCUT2D eigenvalue weighted by Crippen LogP contribution is 2.31. The van der Waals surface area contributed by atoms with Gasteiger partial charge >= 0.3 is 0 Å². The van der Waals surface area contributed by atoms with E-state index < -0.39 is 0 Å². The Morgan fingerprint density at radius 1 is 1.50 bits per heavy atom. The van der Waals surface area contributed by atoms with E-state index in [9.17, 15) is 0 Å². The van der Waals surface area contributed by atoms with E-state index in [0.717, 1.165) is 18.4 Å². The van der Waals surface area contributed by atoms with Crippen molar-refractivity contribution in [2.75, 3.05) is 6.79 Å². The molecule has 1 aliphatic heterocycles. The molecule has 0 spiro atoms. The van der Waals surface area contributed by atoms with Crippen molar-refractivity contribution in [1.82, 2.24) is 0 Å². The minimum Gasteiger partial charge on any atom is -0.352 e. The van der Waals surface area contributed by atoms with Crippen molar-refractivity contribution in [1.29, 1.82) is 0 Å². The average molecular weight is 164 g/mol. The Kier molecular flexibility index (Phi) is 1.92. The Balaban J connectivity index is 2.28. The van der Waals surface area contributed by atoms with E-state index in [-0.39, 0.29) is 6.10 Å². The van der Waals surface area contributed by atoms with Crippen LogP contribution in [-0.2, 0) is 9.47 Å². The van der Waals surface area contributed by atoms with Gasteiger partial charge in [-0.2, -0.15) is 0 Å². The lowest BCUT2D eigenvalue weighted by Gasteiger charge is -2.35. The molecule has 0 aromatic carbocycles. The van der Waals surface area contributed by atoms with Crippen LogP contribution in [0.25, 0.3) is 0 Å². The maximum atomic E-state index is 5.42. The van der Waals surface area contributed by atoms with Gasteiger partial charge in [0.2, 0.25) is 0 Å². The normalized spacial score (nSPS) is 34.7. The topological polar surface area (TPSA) is 18.5 Å². The second-order valence-electron chi connectivity index (χ2n) is 3.31. The monoisotopic (exact) mass is 164 g/mol. The van der Waals surface area contributed by atoms with Crippen molar-refractivity contribution < 1.29 is 9.47 Å². The zero-order valence-corrected chi connectivity index (χ0v) is 7.17. The van der Waals surface area contributed by atoms with Crippen LogP contribution in [0.2, 0.25) is 0 Å². The Labute approximate surface area is 72.5 Å². The fourth-order valence-electron chi connectivity index (χ4n) is 1.79. The Bertz CT molecular complexity index is 260. The van der Waals surface area contributed by atoms with E-state index in [0.29, 0.717) is 12.9 Å². The molecule has 0 N–H and O–H groups in total. The van der Waals surface area contributed by atoms with Gasteiger partial charge in [-0.05, 0) is 12.5 Å². The maximum absolute atomic E-state index is 5.42. The zero-order chi connectivity index (χ0) is 8.55. The smallest absolute Gasteiger partial charge is 0.147 e. The van der Waals surface area contributed by atoms with Gasteiger partial charge in [0, 0.05) is 18.4 Å². The van der Waals surface area contributed by atoms with Crippen LogP contribution >= 0.6 is 0 Å². The van der Waals surface area contributed by atoms with Crippen molar-refractivity contribution in [2.45, 2.75) is 32.0 Å². The Hall–Kier alpha value is -0.780. The lowest BCUT2D eigenvalue weighted by Crippen LogP contribution is -2.36. The van der Waals surface area contributed by atoms with E-state index in [4.69, 9.17) is 15.9 Å². The molecule has 0 unspecified atom stereocenters. The molecule has 64 valence electrons. The van der Waals surface area contributed by atoms with Crippen LogP contribution < -0.4 is 0 Å². The highest BCUT2D eigenvalue weighted by Gasteiger charge is 2.30. The van der Waals surface area contributed by atoms with Gasteiger partial charge in [-0.25, -0.2) is 0 Å². The first-order valence-corrected chi connectivity index (χ1v) is 4.20. The molecule has 2 nitrogen and oxygen atoms in total. The van der Waals surface area contributed by atoms with Crippen molar-refractivity contribution in [3.8, 4) is 12.3 Å². The second kappa shape index (κ2) is 2.93. The lowest BCUT2D eigenvalue weighted by molar-refractivity contribution is -0.169. The summed E-state index contributed by atoms with van der Waals surface area (Å²) in [6.07, 6.45) is 7.74. The van der Waals surface area contributed by atoms with Crippen molar-refractivity contribution in [3.05, 3.63) is 11.1 Å². The predicted molar refractivity (Wildman–Crippen MR) is 45.4 cm³/mol. The van der Waals surface area contributed by atoms with Gasteiger partial charge in [-0.3, -0.25) is 0 Å². The van der Waals surface area contributed by atoms with Crippen molar-refractivity contribution >= 4 is 0 Å². The molecule has 12 heavy (non-hydrogen) atoms. The molecule has 1 fully saturated rings. The molecule has 2 heteroatoms. The van der Waals surface area contributed by atoms with Crippen LogP contribution in [0.5, 0.6) is 0 Å². The fourth-order valence-corrected chi connectivity index (χ4v) is 1.79. The Morgan fingerprint density at radius 2 is 2.33 bits per heavy atom. The van der Waals surface area contributed by atoms with Crippen LogP contribution in [-0.4, -0.2) is 19.0 Å². The molecule has 2 atom stereocenters. The molecule has 1 heterocycles. The molecule has 0 amide bonds. The van der Waals surface area contributed by atoms with Crippen LogP contribution in [0, 0.1) is 12.3 Å². The summed E-state index contributed by atoms with van der Waals surface area (Å²) in [5, 5.41) is 0. The maximum Gasteiger partial charge on any atom is 0.147 e. The van der Waals surface area contributed by atoms with Crippen LogP contribution in [0.1, 0.15) is 19.8 Å². The van der Waals surface area contributed by atoms with Gasteiger partial charge in [0.25, 0.3) is 0 Å². The van der Waals surface area contributed by atoms with Gasteiger partial charge in [-0.1, -0.05) is 5.92 Å². The minimum atomic E-state index is 0.212. The lowest BCUT2D eigenvalue weighted by atomic mass is 9.88. The van der Waals surface area contributed by atoms with Crippen LogP contribution in [0.3, 0.4) is 0 Å². The number of hydrogen-bond acceptors (Lipinski definition) is 2. The summed E-state index contributed by atoms with van der Waals surface area (Å²) in [4.78, 5) is 0. The van der Waals surface area contributed by atoms with Gasteiger partial charge in [0.05, 0.1) is 12.2 Å². The highest BCUT2D eigenvalue weighted by atomic mass is 16.7.